The van der Waals surface area contributed by atoms with Crippen molar-refractivity contribution in [3.63, 3.8) is 0 Å². The van der Waals surface area contributed by atoms with E-state index in [4.69, 9.17) is 0 Å². The van der Waals surface area contributed by atoms with E-state index >= 15 is 0 Å². The Morgan fingerprint density at radius 3 is 1.45 bits per heavy atom. The highest BCUT2D eigenvalue weighted by atomic mass is 14.2. The van der Waals surface area contributed by atoms with Gasteiger partial charge >= 0.3 is 0 Å². The molecule has 124 valence electrons. The van der Waals surface area contributed by atoms with Gasteiger partial charge in [-0.25, -0.2) is 0 Å². The largest absolute Gasteiger partial charge is 0.0776 e. The van der Waals surface area contributed by atoms with Gasteiger partial charge in [-0.1, -0.05) is 101 Å². The maximum Gasteiger partial charge on any atom is -0.0383 e. The molecular formula is C20H44. The summed E-state index contributed by atoms with van der Waals surface area (Å²) in [5, 5.41) is 0. The SMILES string of the molecule is C.CC(C)CCCC(C)CCCC(C)CCC(C)(C)C. The van der Waals surface area contributed by atoms with Crippen molar-refractivity contribution in [1.82, 2.24) is 0 Å². The number of hydrogen-bond donors (Lipinski definition) is 0. The third kappa shape index (κ3) is 16.1. The fourth-order valence-corrected chi connectivity index (χ4v) is 2.66. The normalized spacial score (nSPS) is 15.0. The van der Waals surface area contributed by atoms with Crippen LogP contribution in [0.5, 0.6) is 0 Å². The Labute approximate surface area is 131 Å². The Morgan fingerprint density at radius 2 is 1.05 bits per heavy atom. The van der Waals surface area contributed by atoms with Crippen molar-refractivity contribution in [3.8, 4) is 0 Å². The van der Waals surface area contributed by atoms with Crippen LogP contribution in [0.4, 0.5) is 0 Å². The molecule has 0 saturated carbocycles. The lowest BCUT2D eigenvalue weighted by Gasteiger charge is -2.21. The van der Waals surface area contributed by atoms with Gasteiger partial charge < -0.3 is 0 Å². The van der Waals surface area contributed by atoms with Crippen LogP contribution in [0.25, 0.3) is 0 Å². The molecule has 0 aromatic rings. The lowest BCUT2D eigenvalue weighted by atomic mass is 9.85. The Balaban J connectivity index is 0. The van der Waals surface area contributed by atoms with Crippen LogP contribution in [-0.2, 0) is 0 Å². The minimum atomic E-state index is 0. The van der Waals surface area contributed by atoms with Gasteiger partial charge in [0.25, 0.3) is 0 Å². The highest BCUT2D eigenvalue weighted by Gasteiger charge is 2.12. The predicted molar refractivity (Wildman–Crippen MR) is 96.3 cm³/mol. The van der Waals surface area contributed by atoms with Gasteiger partial charge in [0.15, 0.2) is 0 Å². The van der Waals surface area contributed by atoms with Crippen molar-refractivity contribution in [2.24, 2.45) is 23.2 Å². The molecule has 0 fully saturated rings. The summed E-state index contributed by atoms with van der Waals surface area (Å²) in [4.78, 5) is 0. The Hall–Kier alpha value is 0. The van der Waals surface area contributed by atoms with Gasteiger partial charge in [-0.15, -0.1) is 0 Å². The number of hydrogen-bond acceptors (Lipinski definition) is 0. The average Bonchev–Trinajstić information content (AvgIpc) is 2.25. The molecule has 0 heterocycles. The maximum absolute atomic E-state index is 2.44. The van der Waals surface area contributed by atoms with E-state index < -0.39 is 0 Å². The molecule has 0 radical (unpaired) electrons. The van der Waals surface area contributed by atoms with E-state index in [1.165, 1.54) is 51.4 Å². The van der Waals surface area contributed by atoms with Gasteiger partial charge in [0.1, 0.15) is 0 Å². The zero-order chi connectivity index (χ0) is 14.9. The van der Waals surface area contributed by atoms with E-state index in [-0.39, 0.29) is 7.43 Å². The quantitative estimate of drug-likeness (QED) is 0.385. The summed E-state index contributed by atoms with van der Waals surface area (Å²) in [5.74, 6) is 2.74. The first-order chi connectivity index (χ1) is 8.70. The van der Waals surface area contributed by atoms with Crippen LogP contribution in [0, 0.1) is 23.2 Å². The molecule has 2 unspecified atom stereocenters. The van der Waals surface area contributed by atoms with Crippen molar-refractivity contribution < 1.29 is 0 Å². The first-order valence-corrected chi connectivity index (χ1v) is 8.70. The topological polar surface area (TPSA) is 0 Å². The van der Waals surface area contributed by atoms with Gasteiger partial charge in [0.05, 0.1) is 0 Å². The van der Waals surface area contributed by atoms with Crippen LogP contribution in [0.3, 0.4) is 0 Å². The van der Waals surface area contributed by atoms with Crippen LogP contribution in [0.15, 0.2) is 0 Å². The fourth-order valence-electron chi connectivity index (χ4n) is 2.66. The molecule has 0 N–H and O–H groups in total. The summed E-state index contributed by atoms with van der Waals surface area (Å²) in [5.41, 5.74) is 0.512. The lowest BCUT2D eigenvalue weighted by molar-refractivity contribution is 0.314. The Morgan fingerprint density at radius 1 is 0.650 bits per heavy atom. The Bertz CT molecular complexity index is 197. The molecule has 20 heavy (non-hydrogen) atoms. The second-order valence-electron chi connectivity index (χ2n) is 8.57. The van der Waals surface area contributed by atoms with Crippen LogP contribution >= 0.6 is 0 Å². The molecule has 0 aliphatic carbocycles. The minimum absolute atomic E-state index is 0. The zero-order valence-corrected chi connectivity index (χ0v) is 14.9. The molecule has 2 atom stereocenters. The van der Waals surface area contributed by atoms with Gasteiger partial charge in [-0.3, -0.25) is 0 Å². The predicted octanol–water partition coefficient (Wildman–Crippen LogP) is 7.72. The molecule has 0 heteroatoms. The average molecular weight is 285 g/mol. The highest BCUT2D eigenvalue weighted by Crippen LogP contribution is 2.26. The third-order valence-electron chi connectivity index (χ3n) is 4.26. The van der Waals surface area contributed by atoms with E-state index in [0.717, 1.165) is 17.8 Å². The van der Waals surface area contributed by atoms with Crippen molar-refractivity contribution in [2.75, 3.05) is 0 Å². The summed E-state index contributed by atoms with van der Waals surface area (Å²) in [6.45, 7) is 16.6. The Kier molecular flexibility index (Phi) is 13.0. The zero-order valence-electron chi connectivity index (χ0n) is 14.9. The van der Waals surface area contributed by atoms with Crippen molar-refractivity contribution in [3.05, 3.63) is 0 Å². The molecule has 0 bridgehead atoms. The maximum atomic E-state index is 2.44. The van der Waals surface area contributed by atoms with Crippen LogP contribution in [-0.4, -0.2) is 0 Å². The smallest absolute Gasteiger partial charge is 0.0383 e. The molecule has 0 aliphatic rings. The molecule has 0 aliphatic heterocycles. The third-order valence-corrected chi connectivity index (χ3v) is 4.26. The lowest BCUT2D eigenvalue weighted by Crippen LogP contribution is -2.08. The van der Waals surface area contributed by atoms with Crippen molar-refractivity contribution >= 4 is 0 Å². The van der Waals surface area contributed by atoms with Gasteiger partial charge in [0, 0.05) is 0 Å². The molecule has 0 amide bonds. The molecule has 0 rings (SSSR count). The van der Waals surface area contributed by atoms with Crippen molar-refractivity contribution in [1.29, 1.82) is 0 Å². The first-order valence-electron chi connectivity index (χ1n) is 8.70. The van der Waals surface area contributed by atoms with E-state index in [9.17, 15) is 0 Å². The molecule has 0 aromatic heterocycles. The summed E-state index contributed by atoms with van der Waals surface area (Å²) in [7, 11) is 0. The van der Waals surface area contributed by atoms with E-state index in [1.807, 2.05) is 0 Å². The summed E-state index contributed by atoms with van der Waals surface area (Å²) in [6, 6.07) is 0. The second-order valence-corrected chi connectivity index (χ2v) is 8.57. The summed E-state index contributed by atoms with van der Waals surface area (Å²) < 4.78 is 0. The number of rotatable bonds is 10. The highest BCUT2D eigenvalue weighted by molar-refractivity contribution is 4.65. The van der Waals surface area contributed by atoms with Gasteiger partial charge in [-0.2, -0.15) is 0 Å². The first kappa shape index (κ1) is 22.3. The van der Waals surface area contributed by atoms with E-state index in [2.05, 4.69) is 48.5 Å². The molecular weight excluding hydrogens is 240 g/mol. The van der Waals surface area contributed by atoms with E-state index in [1.54, 1.807) is 0 Å². The molecule has 0 nitrogen and oxygen atoms in total. The van der Waals surface area contributed by atoms with Crippen LogP contribution < -0.4 is 0 Å². The van der Waals surface area contributed by atoms with E-state index in [0.29, 0.717) is 5.41 Å². The monoisotopic (exact) mass is 284 g/mol. The molecule has 0 saturated heterocycles. The second kappa shape index (κ2) is 11.6. The molecule has 0 spiro atoms. The standard InChI is InChI=1S/C19H40.CH4/c1-16(2)10-8-11-17(3)12-9-13-18(4)14-15-19(5,6)7;/h16-18H,8-15H2,1-7H3;1H4. The van der Waals surface area contributed by atoms with Gasteiger partial charge in [0.2, 0.25) is 0 Å². The summed E-state index contributed by atoms with van der Waals surface area (Å²) >= 11 is 0. The van der Waals surface area contributed by atoms with Crippen LogP contribution in [0.2, 0.25) is 0 Å². The fraction of sp³-hybridized carbons (Fsp3) is 1.00. The summed E-state index contributed by atoms with van der Waals surface area (Å²) in [6.07, 6.45) is 11.4. The molecule has 0 aromatic carbocycles. The van der Waals surface area contributed by atoms with Crippen LogP contribution in [0.1, 0.15) is 107 Å². The van der Waals surface area contributed by atoms with Crippen molar-refractivity contribution in [2.45, 2.75) is 107 Å². The van der Waals surface area contributed by atoms with Gasteiger partial charge in [-0.05, 0) is 29.6 Å². The minimum Gasteiger partial charge on any atom is -0.0776 e.